The number of rotatable bonds is 6. The highest BCUT2D eigenvalue weighted by molar-refractivity contribution is 8.14. The zero-order chi connectivity index (χ0) is 20.2. The Kier molecular flexibility index (Phi) is 5.68. The fraction of sp³-hybridized carbons (Fsp3) is 0.167. The van der Waals surface area contributed by atoms with E-state index in [4.69, 9.17) is 4.99 Å². The lowest BCUT2D eigenvalue weighted by molar-refractivity contribution is 0.882. The van der Waals surface area contributed by atoms with Gasteiger partial charge in [0.05, 0.1) is 21.2 Å². The van der Waals surface area contributed by atoms with Crippen molar-refractivity contribution in [3.05, 3.63) is 90.0 Å². The molecule has 1 unspecified atom stereocenters. The third kappa shape index (κ3) is 4.50. The number of amidine groups is 1. The molecule has 0 aliphatic carbocycles. The number of nitrogens with one attached hydrogen (secondary N) is 2. The van der Waals surface area contributed by atoms with Crippen molar-refractivity contribution in [2.24, 2.45) is 4.99 Å². The Morgan fingerprint density at radius 1 is 1.00 bits per heavy atom. The minimum atomic E-state index is 0.422. The molecule has 1 saturated heterocycles. The zero-order valence-corrected chi connectivity index (χ0v) is 18.0. The molecule has 1 atom stereocenters. The van der Waals surface area contributed by atoms with Crippen molar-refractivity contribution in [1.29, 1.82) is 0 Å². The van der Waals surface area contributed by atoms with Crippen LogP contribution in [0.25, 0.3) is 10.2 Å². The van der Waals surface area contributed by atoms with Crippen molar-refractivity contribution in [2.45, 2.75) is 11.7 Å². The summed E-state index contributed by atoms with van der Waals surface area (Å²) in [5, 5.41) is 9.29. The second-order valence-electron chi connectivity index (χ2n) is 7.15. The molecule has 1 fully saturated rings. The molecule has 0 saturated carbocycles. The third-order valence-corrected chi connectivity index (χ3v) is 7.17. The zero-order valence-electron chi connectivity index (χ0n) is 16.4. The monoisotopic (exact) mass is 430 g/mol. The van der Waals surface area contributed by atoms with Gasteiger partial charge in [-0.25, -0.2) is 9.98 Å². The van der Waals surface area contributed by atoms with Crippen molar-refractivity contribution >= 4 is 49.3 Å². The third-order valence-electron chi connectivity index (χ3n) is 4.99. The van der Waals surface area contributed by atoms with E-state index in [0.717, 1.165) is 41.0 Å². The van der Waals surface area contributed by atoms with Crippen molar-refractivity contribution < 1.29 is 0 Å². The largest absolute Gasteiger partial charge is 0.363 e. The average Bonchev–Trinajstić information content (AvgIpc) is 3.41. The SMILES string of the molecule is c1ccc(C2CN/C(=N\c3cccc(CCNc4nc5ccccc5s4)c3)S2)cc1. The van der Waals surface area contributed by atoms with Crippen LogP contribution >= 0.6 is 23.1 Å². The van der Waals surface area contributed by atoms with Gasteiger partial charge in [0.25, 0.3) is 0 Å². The molecule has 2 N–H and O–H groups in total. The van der Waals surface area contributed by atoms with Gasteiger partial charge in [-0.2, -0.15) is 0 Å². The molecule has 0 bridgehead atoms. The summed E-state index contributed by atoms with van der Waals surface area (Å²) < 4.78 is 1.22. The molecule has 0 amide bonds. The predicted octanol–water partition coefficient (Wildman–Crippen LogP) is 6.02. The Morgan fingerprint density at radius 3 is 2.77 bits per heavy atom. The number of thiazole rings is 1. The second-order valence-corrected chi connectivity index (χ2v) is 9.37. The smallest absolute Gasteiger partial charge is 0.183 e. The molecule has 150 valence electrons. The lowest BCUT2D eigenvalue weighted by atomic mass is 10.1. The molecule has 4 aromatic rings. The number of para-hydroxylation sites is 1. The van der Waals surface area contributed by atoms with E-state index in [-0.39, 0.29) is 0 Å². The highest BCUT2D eigenvalue weighted by atomic mass is 32.2. The maximum absolute atomic E-state index is 4.83. The molecular weight excluding hydrogens is 408 g/mol. The van der Waals surface area contributed by atoms with Crippen LogP contribution in [-0.2, 0) is 6.42 Å². The number of aromatic nitrogens is 1. The van der Waals surface area contributed by atoms with Crippen molar-refractivity contribution in [3.63, 3.8) is 0 Å². The quantitative estimate of drug-likeness (QED) is 0.393. The van der Waals surface area contributed by atoms with Crippen molar-refractivity contribution in [3.8, 4) is 0 Å². The maximum Gasteiger partial charge on any atom is 0.183 e. The molecule has 1 aromatic heterocycles. The maximum atomic E-state index is 4.83. The highest BCUT2D eigenvalue weighted by Gasteiger charge is 2.22. The predicted molar refractivity (Wildman–Crippen MR) is 130 cm³/mol. The van der Waals surface area contributed by atoms with Gasteiger partial charge in [-0.3, -0.25) is 0 Å². The van der Waals surface area contributed by atoms with Gasteiger partial charge in [0.1, 0.15) is 0 Å². The van der Waals surface area contributed by atoms with Gasteiger partial charge in [0.2, 0.25) is 0 Å². The topological polar surface area (TPSA) is 49.3 Å². The lowest BCUT2D eigenvalue weighted by Gasteiger charge is -2.06. The van der Waals surface area contributed by atoms with E-state index < -0.39 is 0 Å². The first kappa shape index (κ1) is 19.2. The molecule has 2 heterocycles. The molecule has 3 aromatic carbocycles. The molecule has 4 nitrogen and oxygen atoms in total. The number of thioether (sulfide) groups is 1. The fourth-order valence-electron chi connectivity index (χ4n) is 3.48. The summed E-state index contributed by atoms with van der Waals surface area (Å²) in [5.41, 5.74) is 4.66. The Labute approximate surface area is 184 Å². The Hall–Kier alpha value is -2.83. The summed E-state index contributed by atoms with van der Waals surface area (Å²) in [7, 11) is 0. The van der Waals surface area contributed by atoms with Crippen molar-refractivity contribution in [1.82, 2.24) is 10.3 Å². The van der Waals surface area contributed by atoms with Crippen LogP contribution in [0.15, 0.2) is 83.9 Å². The number of hydrogen-bond acceptors (Lipinski definition) is 5. The minimum absolute atomic E-state index is 0.422. The standard InChI is InChI=1S/C24H22N4S2/c1-2-8-18(9-3-1)22-16-26-24(30-22)27-19-10-6-7-17(15-19)13-14-25-23-28-20-11-4-5-12-21(20)29-23/h1-12,15,22H,13-14,16H2,(H,25,28)(H,26,27). The van der Waals surface area contributed by atoms with E-state index in [1.165, 1.54) is 15.8 Å². The second kappa shape index (κ2) is 8.90. The van der Waals surface area contributed by atoms with E-state index in [0.29, 0.717) is 5.25 Å². The highest BCUT2D eigenvalue weighted by Crippen LogP contribution is 2.34. The van der Waals surface area contributed by atoms with Crippen LogP contribution < -0.4 is 10.6 Å². The minimum Gasteiger partial charge on any atom is -0.363 e. The van der Waals surface area contributed by atoms with Crippen LogP contribution in [0.4, 0.5) is 10.8 Å². The molecule has 1 aliphatic rings. The summed E-state index contributed by atoms with van der Waals surface area (Å²) in [6.07, 6.45) is 0.932. The van der Waals surface area contributed by atoms with Crippen LogP contribution in [0.1, 0.15) is 16.4 Å². The van der Waals surface area contributed by atoms with Crippen LogP contribution in [0.5, 0.6) is 0 Å². The normalized spacial score (nSPS) is 17.3. The molecule has 6 heteroatoms. The summed E-state index contributed by atoms with van der Waals surface area (Å²) in [5.74, 6) is 0. The van der Waals surface area contributed by atoms with E-state index in [1.54, 1.807) is 23.1 Å². The van der Waals surface area contributed by atoms with E-state index in [9.17, 15) is 0 Å². The summed E-state index contributed by atoms with van der Waals surface area (Å²) in [6.45, 7) is 1.77. The van der Waals surface area contributed by atoms with Crippen LogP contribution in [0.3, 0.4) is 0 Å². The fourth-order valence-corrected chi connectivity index (χ4v) is 5.42. The van der Waals surface area contributed by atoms with E-state index in [1.807, 2.05) is 6.07 Å². The first-order chi connectivity index (χ1) is 14.8. The van der Waals surface area contributed by atoms with Crippen LogP contribution in [0, 0.1) is 0 Å². The summed E-state index contributed by atoms with van der Waals surface area (Å²) in [4.78, 5) is 9.46. The molecule has 5 rings (SSSR count). The number of fused-ring (bicyclic) bond motifs is 1. The average molecular weight is 431 g/mol. The summed E-state index contributed by atoms with van der Waals surface area (Å²) >= 11 is 3.50. The van der Waals surface area contributed by atoms with Gasteiger partial charge in [-0.15, -0.1) is 0 Å². The Morgan fingerprint density at radius 2 is 1.87 bits per heavy atom. The number of anilines is 1. The van der Waals surface area contributed by atoms with Gasteiger partial charge in [0, 0.05) is 13.1 Å². The first-order valence-corrected chi connectivity index (χ1v) is 11.8. The van der Waals surface area contributed by atoms with Gasteiger partial charge < -0.3 is 10.6 Å². The number of benzene rings is 3. The Bertz CT molecular complexity index is 1140. The molecule has 30 heavy (non-hydrogen) atoms. The first-order valence-electron chi connectivity index (χ1n) is 10.1. The van der Waals surface area contributed by atoms with Gasteiger partial charge >= 0.3 is 0 Å². The van der Waals surface area contributed by atoms with Gasteiger partial charge in [-0.1, -0.05) is 77.7 Å². The number of nitrogens with zero attached hydrogens (tertiary/aromatic N) is 2. The molecular formula is C24H22N4S2. The molecule has 1 aliphatic heterocycles. The van der Waals surface area contributed by atoms with Crippen LogP contribution in [-0.4, -0.2) is 23.2 Å². The van der Waals surface area contributed by atoms with Gasteiger partial charge in [-0.05, 0) is 41.8 Å². The lowest BCUT2D eigenvalue weighted by Crippen LogP contribution is -2.13. The van der Waals surface area contributed by atoms with E-state index in [2.05, 4.69) is 88.4 Å². The Balaban J connectivity index is 1.20. The van der Waals surface area contributed by atoms with E-state index >= 15 is 0 Å². The van der Waals surface area contributed by atoms with Crippen LogP contribution in [0.2, 0.25) is 0 Å². The summed E-state index contributed by atoms with van der Waals surface area (Å²) in [6, 6.07) is 27.3. The molecule has 0 radical (unpaired) electrons. The number of aliphatic imine (C=N–C) groups is 1. The van der Waals surface area contributed by atoms with Gasteiger partial charge in [0.15, 0.2) is 10.3 Å². The molecule has 0 spiro atoms. The van der Waals surface area contributed by atoms with Crippen molar-refractivity contribution in [2.75, 3.05) is 18.4 Å². The number of hydrogen-bond donors (Lipinski definition) is 2.